The monoisotopic (exact) mass is 412 g/mol. The first-order valence-corrected chi connectivity index (χ1v) is 9.15. The third kappa shape index (κ3) is 6.62. The summed E-state index contributed by atoms with van der Waals surface area (Å²) in [5.74, 6) is -0.0962. The van der Waals surface area contributed by atoms with Crippen LogP contribution in [0.4, 0.5) is 10.1 Å². The Kier molecular flexibility index (Phi) is 7.19. The minimum Gasteiger partial charge on any atom is -0.488 e. The molecule has 0 unspecified atom stereocenters. The van der Waals surface area contributed by atoms with E-state index in [9.17, 15) is 9.18 Å². The van der Waals surface area contributed by atoms with Crippen LogP contribution in [0.5, 0.6) is 5.75 Å². The predicted octanol–water partition coefficient (Wildman–Crippen LogP) is 5.05. The number of anilines is 1. The van der Waals surface area contributed by atoms with Crippen molar-refractivity contribution in [3.8, 4) is 5.75 Å². The summed E-state index contributed by atoms with van der Waals surface area (Å²) in [6, 6.07) is 20.1. The maximum Gasteiger partial charge on any atom is 0.265 e. The van der Waals surface area contributed by atoms with Crippen LogP contribution in [0.25, 0.3) is 0 Å². The highest BCUT2D eigenvalue weighted by molar-refractivity contribution is 6.30. The molecule has 0 atom stereocenters. The first-order valence-electron chi connectivity index (χ1n) is 8.77. The Bertz CT molecular complexity index is 993. The number of hydrogen-bond acceptors (Lipinski definition) is 4. The van der Waals surface area contributed by atoms with E-state index in [-0.39, 0.29) is 24.9 Å². The number of carbonyl (C=O) groups excluding carboxylic acids is 1. The molecular formula is C22H18ClFN2O3. The van der Waals surface area contributed by atoms with Crippen molar-refractivity contribution in [3.63, 3.8) is 0 Å². The molecular weight excluding hydrogens is 395 g/mol. The van der Waals surface area contributed by atoms with Gasteiger partial charge in [-0.2, -0.15) is 0 Å². The van der Waals surface area contributed by atoms with Gasteiger partial charge < -0.3 is 14.9 Å². The summed E-state index contributed by atoms with van der Waals surface area (Å²) in [5, 5.41) is 7.08. The highest BCUT2D eigenvalue weighted by atomic mass is 35.5. The fourth-order valence-electron chi connectivity index (χ4n) is 2.43. The number of ether oxygens (including phenoxy) is 1. The van der Waals surface area contributed by atoms with Gasteiger partial charge in [0.1, 0.15) is 18.2 Å². The van der Waals surface area contributed by atoms with Crippen molar-refractivity contribution in [1.29, 1.82) is 0 Å². The Hall–Kier alpha value is -3.38. The van der Waals surface area contributed by atoms with E-state index in [1.54, 1.807) is 48.5 Å². The molecule has 0 aliphatic rings. The zero-order chi connectivity index (χ0) is 20.5. The molecule has 0 aliphatic carbocycles. The van der Waals surface area contributed by atoms with Gasteiger partial charge in [0, 0.05) is 16.3 Å². The second kappa shape index (κ2) is 10.2. The molecule has 0 aromatic heterocycles. The minimum atomic E-state index is -0.347. The second-order valence-corrected chi connectivity index (χ2v) is 6.46. The molecule has 0 heterocycles. The number of benzene rings is 3. The molecule has 5 nitrogen and oxygen atoms in total. The highest BCUT2D eigenvalue weighted by Gasteiger charge is 2.04. The summed E-state index contributed by atoms with van der Waals surface area (Å²) in [7, 11) is 0. The lowest BCUT2D eigenvalue weighted by molar-refractivity contribution is -0.120. The van der Waals surface area contributed by atoms with E-state index in [1.807, 2.05) is 12.1 Å². The molecule has 0 saturated heterocycles. The minimum absolute atomic E-state index is 0.215. The van der Waals surface area contributed by atoms with Crippen molar-refractivity contribution >= 4 is 29.4 Å². The highest BCUT2D eigenvalue weighted by Crippen LogP contribution is 2.18. The van der Waals surface area contributed by atoms with E-state index < -0.39 is 0 Å². The Balaban J connectivity index is 1.51. The van der Waals surface area contributed by atoms with Gasteiger partial charge >= 0.3 is 0 Å². The summed E-state index contributed by atoms with van der Waals surface area (Å²) >= 11 is 5.80. The molecule has 29 heavy (non-hydrogen) atoms. The Morgan fingerprint density at radius 2 is 1.86 bits per heavy atom. The zero-order valence-corrected chi connectivity index (χ0v) is 16.1. The molecule has 1 N–H and O–H groups in total. The summed E-state index contributed by atoms with van der Waals surface area (Å²) < 4.78 is 19.0. The van der Waals surface area contributed by atoms with Crippen LogP contribution >= 0.6 is 11.6 Å². The van der Waals surface area contributed by atoms with E-state index in [4.69, 9.17) is 21.2 Å². The van der Waals surface area contributed by atoms with Crippen molar-refractivity contribution in [2.45, 2.75) is 6.61 Å². The van der Waals surface area contributed by atoms with E-state index in [0.29, 0.717) is 27.6 Å². The Morgan fingerprint density at radius 1 is 1.07 bits per heavy atom. The van der Waals surface area contributed by atoms with Crippen molar-refractivity contribution in [2.24, 2.45) is 5.16 Å². The number of halogens is 2. The maximum absolute atomic E-state index is 13.3. The van der Waals surface area contributed by atoms with Crippen molar-refractivity contribution in [1.82, 2.24) is 0 Å². The molecule has 3 aromatic carbocycles. The molecule has 0 radical (unpaired) electrons. The van der Waals surface area contributed by atoms with E-state index >= 15 is 0 Å². The van der Waals surface area contributed by atoms with E-state index in [0.717, 1.165) is 0 Å². The topological polar surface area (TPSA) is 59.9 Å². The molecule has 148 valence electrons. The van der Waals surface area contributed by atoms with Crippen LogP contribution in [-0.4, -0.2) is 18.7 Å². The Morgan fingerprint density at radius 3 is 2.66 bits per heavy atom. The fourth-order valence-corrected chi connectivity index (χ4v) is 2.55. The molecule has 0 bridgehead atoms. The number of carbonyl (C=O) groups is 1. The lowest BCUT2D eigenvalue weighted by Crippen LogP contribution is -2.16. The summed E-state index contributed by atoms with van der Waals surface area (Å²) in [6.07, 6.45) is 1.45. The van der Waals surface area contributed by atoms with Gasteiger partial charge in [0.15, 0.2) is 6.61 Å². The lowest BCUT2D eigenvalue weighted by atomic mass is 10.2. The number of amides is 1. The first kappa shape index (κ1) is 20.4. The first-order chi connectivity index (χ1) is 14.1. The summed E-state index contributed by atoms with van der Waals surface area (Å²) in [6.45, 7) is -0.0294. The molecule has 0 spiro atoms. The SMILES string of the molecule is O=C(CO/N=C/c1ccccc1OCc1cccc(F)c1)Nc1ccc(Cl)cc1. The van der Waals surface area contributed by atoms with Gasteiger partial charge in [0.25, 0.3) is 5.91 Å². The van der Waals surface area contributed by atoms with Gasteiger partial charge in [-0.1, -0.05) is 41.0 Å². The summed E-state index contributed by atoms with van der Waals surface area (Å²) in [5.41, 5.74) is 2.00. The third-order valence-corrected chi connectivity index (χ3v) is 4.04. The number of nitrogens with one attached hydrogen (secondary N) is 1. The molecule has 0 aliphatic heterocycles. The van der Waals surface area contributed by atoms with Gasteiger partial charge in [-0.25, -0.2) is 4.39 Å². The van der Waals surface area contributed by atoms with Crippen LogP contribution in [0.1, 0.15) is 11.1 Å². The van der Waals surface area contributed by atoms with Crippen LogP contribution in [0.3, 0.4) is 0 Å². The third-order valence-electron chi connectivity index (χ3n) is 3.79. The van der Waals surface area contributed by atoms with Crippen LogP contribution < -0.4 is 10.1 Å². The standard InChI is InChI=1S/C22H18ClFN2O3/c23-18-8-10-20(11-9-18)26-22(27)15-29-25-13-17-5-1-2-7-21(17)28-14-16-4-3-6-19(24)12-16/h1-13H,14-15H2,(H,26,27)/b25-13+. The van der Waals surface area contributed by atoms with E-state index in [2.05, 4.69) is 10.5 Å². The quantitative estimate of drug-likeness (QED) is 0.416. The van der Waals surface area contributed by atoms with Crippen LogP contribution in [0.2, 0.25) is 5.02 Å². The molecule has 1 amide bonds. The van der Waals surface area contributed by atoms with Gasteiger partial charge in [-0.05, 0) is 54.1 Å². The number of para-hydroxylation sites is 1. The van der Waals surface area contributed by atoms with Gasteiger partial charge in [-0.3, -0.25) is 4.79 Å². The summed E-state index contributed by atoms with van der Waals surface area (Å²) in [4.78, 5) is 16.9. The maximum atomic E-state index is 13.3. The molecule has 0 saturated carbocycles. The second-order valence-electron chi connectivity index (χ2n) is 6.02. The van der Waals surface area contributed by atoms with Crippen LogP contribution in [0, 0.1) is 5.82 Å². The van der Waals surface area contributed by atoms with Crippen molar-refractivity contribution in [2.75, 3.05) is 11.9 Å². The molecule has 3 aromatic rings. The van der Waals surface area contributed by atoms with Gasteiger partial charge in [0.05, 0.1) is 6.21 Å². The van der Waals surface area contributed by atoms with Crippen LogP contribution in [-0.2, 0) is 16.2 Å². The fraction of sp³-hybridized carbons (Fsp3) is 0.0909. The average Bonchev–Trinajstić information content (AvgIpc) is 2.72. The zero-order valence-electron chi connectivity index (χ0n) is 15.3. The largest absolute Gasteiger partial charge is 0.488 e. The average molecular weight is 413 g/mol. The van der Waals surface area contributed by atoms with Gasteiger partial charge in [-0.15, -0.1) is 0 Å². The molecule has 3 rings (SSSR count). The number of hydrogen-bond donors (Lipinski definition) is 1. The molecule has 7 heteroatoms. The molecule has 0 fully saturated rings. The lowest BCUT2D eigenvalue weighted by Gasteiger charge is -2.09. The van der Waals surface area contributed by atoms with Crippen molar-refractivity contribution in [3.05, 3.63) is 94.8 Å². The number of rotatable bonds is 8. The van der Waals surface area contributed by atoms with Crippen LogP contribution in [0.15, 0.2) is 78.0 Å². The predicted molar refractivity (Wildman–Crippen MR) is 111 cm³/mol. The smallest absolute Gasteiger partial charge is 0.265 e. The van der Waals surface area contributed by atoms with E-state index in [1.165, 1.54) is 18.3 Å². The normalized spacial score (nSPS) is 10.7. The Labute approximate surface area is 172 Å². The number of oxime groups is 1. The van der Waals surface area contributed by atoms with Gasteiger partial charge in [0.2, 0.25) is 0 Å². The number of nitrogens with zero attached hydrogens (tertiary/aromatic N) is 1. The van der Waals surface area contributed by atoms with Crippen molar-refractivity contribution < 1.29 is 18.8 Å².